The van der Waals surface area contributed by atoms with E-state index in [9.17, 15) is 13.2 Å². The van der Waals surface area contributed by atoms with E-state index in [1.54, 1.807) is 0 Å². The molecule has 2 N–H and O–H groups in total. The van der Waals surface area contributed by atoms with Crippen molar-refractivity contribution in [3.8, 4) is 11.5 Å². The monoisotopic (exact) mass is 303 g/mol. The maximum Gasteiger partial charge on any atom is 0.573 e. The van der Waals surface area contributed by atoms with E-state index < -0.39 is 12.4 Å². The van der Waals surface area contributed by atoms with Gasteiger partial charge in [0.15, 0.2) is 0 Å². The molecule has 7 heteroatoms. The van der Waals surface area contributed by atoms with Crippen LogP contribution in [0.4, 0.5) is 13.2 Å². The quantitative estimate of drug-likeness (QED) is 0.936. The summed E-state index contributed by atoms with van der Waals surface area (Å²) in [6, 6.07) is 7.13. The van der Waals surface area contributed by atoms with E-state index in [0.29, 0.717) is 5.56 Å². The SMILES string of the molecule is COc1cc(OC(F)(F)F)ccc1[C@@H](N)c1cccs1. The highest BCUT2D eigenvalue weighted by atomic mass is 32.1. The predicted molar refractivity (Wildman–Crippen MR) is 70.0 cm³/mol. The number of hydrogen-bond donors (Lipinski definition) is 1. The highest BCUT2D eigenvalue weighted by Gasteiger charge is 2.31. The lowest BCUT2D eigenvalue weighted by Gasteiger charge is -2.16. The Morgan fingerprint density at radius 3 is 2.55 bits per heavy atom. The summed E-state index contributed by atoms with van der Waals surface area (Å²) in [6.07, 6.45) is -4.73. The van der Waals surface area contributed by atoms with E-state index >= 15 is 0 Å². The van der Waals surface area contributed by atoms with Gasteiger partial charge in [0.1, 0.15) is 11.5 Å². The molecule has 0 radical (unpaired) electrons. The molecule has 3 nitrogen and oxygen atoms in total. The van der Waals surface area contributed by atoms with Crippen molar-refractivity contribution in [3.05, 3.63) is 46.2 Å². The molecular weight excluding hydrogens is 291 g/mol. The van der Waals surface area contributed by atoms with Crippen molar-refractivity contribution >= 4 is 11.3 Å². The summed E-state index contributed by atoms with van der Waals surface area (Å²) in [6.45, 7) is 0. The van der Waals surface area contributed by atoms with Crippen LogP contribution in [0.2, 0.25) is 0 Å². The molecule has 0 aliphatic rings. The van der Waals surface area contributed by atoms with Crippen molar-refractivity contribution in [1.82, 2.24) is 0 Å². The molecule has 1 aromatic carbocycles. The van der Waals surface area contributed by atoms with Crippen LogP contribution >= 0.6 is 11.3 Å². The van der Waals surface area contributed by atoms with Crippen LogP contribution in [0.1, 0.15) is 16.5 Å². The van der Waals surface area contributed by atoms with Crippen LogP contribution in [-0.4, -0.2) is 13.5 Å². The minimum atomic E-state index is -4.73. The van der Waals surface area contributed by atoms with E-state index in [4.69, 9.17) is 10.5 Å². The summed E-state index contributed by atoms with van der Waals surface area (Å²) >= 11 is 1.47. The molecule has 1 atom stereocenters. The Bertz CT molecular complexity index is 569. The lowest BCUT2D eigenvalue weighted by molar-refractivity contribution is -0.274. The molecule has 0 aliphatic carbocycles. The predicted octanol–water partition coefficient (Wildman–Crippen LogP) is 3.70. The van der Waals surface area contributed by atoms with Gasteiger partial charge in [-0.25, -0.2) is 0 Å². The van der Waals surface area contributed by atoms with Gasteiger partial charge in [0.2, 0.25) is 0 Å². The molecule has 20 heavy (non-hydrogen) atoms. The Morgan fingerprint density at radius 2 is 2.00 bits per heavy atom. The summed E-state index contributed by atoms with van der Waals surface area (Å²) in [5.41, 5.74) is 6.68. The normalized spacial score (nSPS) is 13.1. The number of nitrogens with two attached hydrogens (primary N) is 1. The second-order valence-electron chi connectivity index (χ2n) is 3.94. The van der Waals surface area contributed by atoms with E-state index in [0.717, 1.165) is 4.88 Å². The Balaban J connectivity index is 2.31. The average Bonchev–Trinajstić information content (AvgIpc) is 2.89. The summed E-state index contributed by atoms with van der Waals surface area (Å²) < 4.78 is 45.5. The summed E-state index contributed by atoms with van der Waals surface area (Å²) in [5.74, 6) is -0.0795. The average molecular weight is 303 g/mol. The number of hydrogen-bond acceptors (Lipinski definition) is 4. The molecule has 2 aromatic rings. The van der Waals surface area contributed by atoms with Gasteiger partial charge >= 0.3 is 6.36 Å². The standard InChI is InChI=1S/C13H12F3NO2S/c1-18-10-7-8(19-13(14,15)16)4-5-9(10)12(17)11-3-2-6-20-11/h2-7,12H,17H2,1H3/t12-/m1/s1. The van der Waals surface area contributed by atoms with Crippen molar-refractivity contribution in [2.45, 2.75) is 12.4 Å². The third kappa shape index (κ3) is 3.43. The van der Waals surface area contributed by atoms with Crippen molar-refractivity contribution in [1.29, 1.82) is 0 Å². The van der Waals surface area contributed by atoms with E-state index in [1.165, 1.54) is 36.6 Å². The molecule has 108 valence electrons. The van der Waals surface area contributed by atoms with Gasteiger partial charge in [-0.3, -0.25) is 0 Å². The van der Waals surface area contributed by atoms with Crippen molar-refractivity contribution in [2.24, 2.45) is 5.73 Å². The van der Waals surface area contributed by atoms with Gasteiger partial charge in [-0.05, 0) is 23.6 Å². The van der Waals surface area contributed by atoms with Crippen molar-refractivity contribution in [3.63, 3.8) is 0 Å². The van der Waals surface area contributed by atoms with E-state index in [2.05, 4.69) is 4.74 Å². The van der Waals surface area contributed by atoms with Gasteiger partial charge in [-0.1, -0.05) is 6.07 Å². The lowest BCUT2D eigenvalue weighted by atomic mass is 10.0. The van der Waals surface area contributed by atoms with Gasteiger partial charge < -0.3 is 15.2 Å². The molecule has 2 rings (SSSR count). The molecular formula is C13H12F3NO2S. The summed E-state index contributed by atoms with van der Waals surface area (Å²) in [7, 11) is 1.37. The first-order valence-electron chi connectivity index (χ1n) is 5.63. The maximum absolute atomic E-state index is 12.2. The number of ether oxygens (including phenoxy) is 2. The zero-order valence-electron chi connectivity index (χ0n) is 10.5. The second-order valence-corrected chi connectivity index (χ2v) is 4.92. The molecule has 0 fully saturated rings. The number of benzene rings is 1. The van der Waals surface area contributed by atoms with Crippen LogP contribution in [0.25, 0.3) is 0 Å². The zero-order valence-corrected chi connectivity index (χ0v) is 11.3. The molecule has 0 bridgehead atoms. The Kier molecular flexibility index (Phi) is 4.20. The fraction of sp³-hybridized carbons (Fsp3) is 0.231. The van der Waals surface area contributed by atoms with E-state index in [1.807, 2.05) is 17.5 Å². The maximum atomic E-state index is 12.2. The van der Waals surface area contributed by atoms with Crippen molar-refractivity contribution < 1.29 is 22.6 Å². The van der Waals surface area contributed by atoms with Crippen LogP contribution in [-0.2, 0) is 0 Å². The topological polar surface area (TPSA) is 44.5 Å². The molecule has 1 heterocycles. The summed E-state index contributed by atoms with van der Waals surface area (Å²) in [5, 5.41) is 1.88. The van der Waals surface area contributed by atoms with Crippen LogP contribution in [0.3, 0.4) is 0 Å². The highest BCUT2D eigenvalue weighted by molar-refractivity contribution is 7.10. The third-order valence-electron chi connectivity index (χ3n) is 2.62. The summed E-state index contributed by atoms with van der Waals surface area (Å²) in [4.78, 5) is 0.896. The first-order chi connectivity index (χ1) is 9.40. The third-order valence-corrected chi connectivity index (χ3v) is 3.58. The fourth-order valence-corrected chi connectivity index (χ4v) is 2.51. The van der Waals surface area contributed by atoms with Gasteiger partial charge in [0.05, 0.1) is 13.2 Å². The van der Waals surface area contributed by atoms with Gasteiger partial charge in [-0.15, -0.1) is 24.5 Å². The fourth-order valence-electron chi connectivity index (χ4n) is 1.77. The Morgan fingerprint density at radius 1 is 1.25 bits per heavy atom. The molecule has 0 spiro atoms. The molecule has 0 unspecified atom stereocenters. The van der Waals surface area contributed by atoms with Gasteiger partial charge in [-0.2, -0.15) is 0 Å². The number of alkyl halides is 3. The molecule has 0 amide bonds. The van der Waals surface area contributed by atoms with Gasteiger partial charge in [0.25, 0.3) is 0 Å². The number of thiophene rings is 1. The Hall–Kier alpha value is -1.73. The zero-order chi connectivity index (χ0) is 14.8. The van der Waals surface area contributed by atoms with Crippen LogP contribution < -0.4 is 15.2 Å². The minimum absolute atomic E-state index is 0.257. The number of rotatable bonds is 4. The first-order valence-corrected chi connectivity index (χ1v) is 6.51. The first kappa shape index (κ1) is 14.7. The molecule has 0 saturated heterocycles. The van der Waals surface area contributed by atoms with Crippen LogP contribution in [0.5, 0.6) is 11.5 Å². The molecule has 0 saturated carbocycles. The van der Waals surface area contributed by atoms with Crippen LogP contribution in [0.15, 0.2) is 35.7 Å². The van der Waals surface area contributed by atoms with E-state index in [-0.39, 0.29) is 11.5 Å². The van der Waals surface area contributed by atoms with Crippen LogP contribution in [0, 0.1) is 0 Å². The second kappa shape index (κ2) is 5.72. The molecule has 0 aliphatic heterocycles. The smallest absolute Gasteiger partial charge is 0.496 e. The van der Waals surface area contributed by atoms with Gasteiger partial charge in [0, 0.05) is 16.5 Å². The minimum Gasteiger partial charge on any atom is -0.496 e. The Labute approximate surface area is 117 Å². The molecule has 1 aromatic heterocycles. The number of halogens is 3. The highest BCUT2D eigenvalue weighted by Crippen LogP contribution is 2.34. The largest absolute Gasteiger partial charge is 0.573 e. The lowest BCUT2D eigenvalue weighted by Crippen LogP contribution is -2.17. The van der Waals surface area contributed by atoms with Crippen molar-refractivity contribution in [2.75, 3.05) is 7.11 Å². The number of methoxy groups -OCH3 is 1.